The molecule has 1 aromatic heterocycles. The van der Waals surface area contributed by atoms with E-state index in [1.165, 1.54) is 11.3 Å². The van der Waals surface area contributed by atoms with Crippen LogP contribution in [0.4, 0.5) is 17.6 Å². The monoisotopic (exact) mass is 386 g/mol. The van der Waals surface area contributed by atoms with Crippen LogP contribution >= 0.6 is 11.3 Å². The molecule has 0 aliphatic heterocycles. The van der Waals surface area contributed by atoms with Gasteiger partial charge in [-0.15, -0.1) is 0 Å². The average molecular weight is 386 g/mol. The Bertz CT molecular complexity index is 1030. The highest BCUT2D eigenvalue weighted by Crippen LogP contribution is 2.37. The summed E-state index contributed by atoms with van der Waals surface area (Å²) in [5, 5.41) is 3.15. The lowest BCUT2D eigenvalue weighted by atomic mass is 9.99. The largest absolute Gasteiger partial charge is 0.224 e. The van der Waals surface area contributed by atoms with Crippen LogP contribution in [-0.2, 0) is 9.84 Å². The van der Waals surface area contributed by atoms with Gasteiger partial charge in [-0.2, -0.15) is 11.3 Å². The van der Waals surface area contributed by atoms with E-state index in [-0.39, 0.29) is 11.1 Å². The van der Waals surface area contributed by atoms with Gasteiger partial charge in [0.2, 0.25) is 0 Å². The molecule has 0 unspecified atom stereocenters. The summed E-state index contributed by atoms with van der Waals surface area (Å²) < 4.78 is 78.1. The van der Waals surface area contributed by atoms with Gasteiger partial charge in [0.05, 0.1) is 0 Å². The van der Waals surface area contributed by atoms with Gasteiger partial charge >= 0.3 is 0 Å². The average Bonchev–Trinajstić information content (AvgIpc) is 2.93. The lowest BCUT2D eigenvalue weighted by molar-refractivity contribution is 0.522. The number of hydrogen-bond donors (Lipinski definition) is 0. The highest BCUT2D eigenvalue weighted by molar-refractivity contribution is 7.90. The molecule has 2 aromatic carbocycles. The van der Waals surface area contributed by atoms with Crippen LogP contribution in [0.25, 0.3) is 22.3 Å². The van der Waals surface area contributed by atoms with Crippen molar-refractivity contribution in [1.82, 2.24) is 0 Å². The van der Waals surface area contributed by atoms with E-state index >= 15 is 0 Å². The number of hydrogen-bond acceptors (Lipinski definition) is 3. The normalized spacial score (nSPS) is 11.7. The molecule has 0 bridgehead atoms. The molecule has 0 fully saturated rings. The maximum atomic E-state index is 14.1. The molecule has 8 heteroatoms. The summed E-state index contributed by atoms with van der Waals surface area (Å²) in [7, 11) is -4.07. The van der Waals surface area contributed by atoms with Crippen LogP contribution in [0.15, 0.2) is 46.0 Å². The Morgan fingerprint density at radius 3 is 1.64 bits per heavy atom. The lowest BCUT2D eigenvalue weighted by Gasteiger charge is -2.09. The van der Waals surface area contributed by atoms with Crippen molar-refractivity contribution in [3.8, 4) is 22.3 Å². The van der Waals surface area contributed by atoms with E-state index in [9.17, 15) is 26.0 Å². The van der Waals surface area contributed by atoms with E-state index in [0.717, 1.165) is 30.3 Å². The first-order chi connectivity index (χ1) is 11.7. The lowest BCUT2D eigenvalue weighted by Crippen LogP contribution is -2.04. The zero-order chi connectivity index (χ0) is 18.4. The smallest absolute Gasteiger partial charge is 0.181 e. The van der Waals surface area contributed by atoms with Crippen molar-refractivity contribution in [2.24, 2.45) is 0 Å². The van der Waals surface area contributed by atoms with Gasteiger partial charge in [-0.1, -0.05) is 0 Å². The molecule has 0 amide bonds. The standard InChI is InChI=1S/C17H10F4O2S2/c1-25(22,23)17-15(20)4-10(5-16(17)21)14-8-24-7-13(14)9-2-11(18)6-12(19)3-9/h2-8H,1H3. The third kappa shape index (κ3) is 3.45. The highest BCUT2D eigenvalue weighted by atomic mass is 32.2. The number of rotatable bonds is 3. The van der Waals surface area contributed by atoms with Crippen LogP contribution in [0.5, 0.6) is 0 Å². The fraction of sp³-hybridized carbons (Fsp3) is 0.0588. The maximum Gasteiger partial charge on any atom is 0.181 e. The Kier molecular flexibility index (Phi) is 4.42. The predicted molar refractivity (Wildman–Crippen MR) is 88.1 cm³/mol. The fourth-order valence-corrected chi connectivity index (χ4v) is 4.22. The van der Waals surface area contributed by atoms with Crippen LogP contribution in [-0.4, -0.2) is 14.7 Å². The molecule has 3 rings (SSSR count). The number of halogens is 4. The van der Waals surface area contributed by atoms with Crippen LogP contribution in [0.1, 0.15) is 0 Å². The number of sulfone groups is 1. The van der Waals surface area contributed by atoms with Gasteiger partial charge in [0.15, 0.2) is 9.84 Å². The molecule has 130 valence electrons. The molecule has 0 N–H and O–H groups in total. The molecule has 2 nitrogen and oxygen atoms in total. The topological polar surface area (TPSA) is 34.1 Å². The van der Waals surface area contributed by atoms with E-state index in [0.29, 0.717) is 17.4 Å². The summed E-state index contributed by atoms with van der Waals surface area (Å²) in [5.74, 6) is -4.01. The van der Waals surface area contributed by atoms with Crippen molar-refractivity contribution >= 4 is 21.2 Å². The van der Waals surface area contributed by atoms with Crippen LogP contribution in [0.2, 0.25) is 0 Å². The molecule has 0 saturated heterocycles. The molecule has 0 spiro atoms. The molecule has 0 saturated carbocycles. The van der Waals surface area contributed by atoms with Gasteiger partial charge in [-0.25, -0.2) is 26.0 Å². The zero-order valence-corrected chi connectivity index (χ0v) is 14.3. The van der Waals surface area contributed by atoms with E-state index < -0.39 is 38.0 Å². The van der Waals surface area contributed by atoms with E-state index in [1.807, 2.05) is 0 Å². The second-order valence-electron chi connectivity index (χ2n) is 5.40. The van der Waals surface area contributed by atoms with E-state index in [4.69, 9.17) is 0 Å². The Balaban J connectivity index is 2.19. The van der Waals surface area contributed by atoms with Crippen molar-refractivity contribution < 1.29 is 26.0 Å². The minimum atomic E-state index is -4.07. The Morgan fingerprint density at radius 2 is 1.20 bits per heavy atom. The zero-order valence-electron chi connectivity index (χ0n) is 12.7. The Labute approximate surface area is 145 Å². The minimum absolute atomic E-state index is 0.0725. The van der Waals surface area contributed by atoms with Crippen molar-refractivity contribution in [3.05, 3.63) is 64.4 Å². The molecule has 0 atom stereocenters. The third-order valence-corrected chi connectivity index (χ3v) is 5.39. The Morgan fingerprint density at radius 1 is 0.760 bits per heavy atom. The van der Waals surface area contributed by atoms with Crippen molar-refractivity contribution in [3.63, 3.8) is 0 Å². The molecule has 0 aliphatic rings. The molecule has 3 aromatic rings. The second kappa shape index (κ2) is 6.27. The van der Waals surface area contributed by atoms with Gasteiger partial charge in [-0.3, -0.25) is 0 Å². The van der Waals surface area contributed by atoms with Crippen molar-refractivity contribution in [1.29, 1.82) is 0 Å². The third-order valence-electron chi connectivity index (χ3n) is 3.52. The minimum Gasteiger partial charge on any atom is -0.224 e. The summed E-state index contributed by atoms with van der Waals surface area (Å²) in [5.41, 5.74) is 1.01. The van der Waals surface area contributed by atoms with Crippen LogP contribution < -0.4 is 0 Å². The van der Waals surface area contributed by atoms with E-state index in [1.54, 1.807) is 10.8 Å². The van der Waals surface area contributed by atoms with Crippen molar-refractivity contribution in [2.75, 3.05) is 6.26 Å². The molecule has 0 aliphatic carbocycles. The first-order valence-corrected chi connectivity index (χ1v) is 9.72. The summed E-state index contributed by atoms with van der Waals surface area (Å²) in [4.78, 5) is -1.01. The molecule has 25 heavy (non-hydrogen) atoms. The summed E-state index contributed by atoms with van der Waals surface area (Å²) >= 11 is 1.18. The first kappa shape index (κ1) is 17.6. The maximum absolute atomic E-state index is 14.1. The SMILES string of the molecule is CS(=O)(=O)c1c(F)cc(-c2cscc2-c2cc(F)cc(F)c2)cc1F. The predicted octanol–water partition coefficient (Wildman–Crippen LogP) is 5.04. The molecule has 0 radical (unpaired) electrons. The number of benzene rings is 2. The van der Waals surface area contributed by atoms with Gasteiger partial charge in [0.25, 0.3) is 0 Å². The number of thiophene rings is 1. The van der Waals surface area contributed by atoms with Gasteiger partial charge in [-0.05, 0) is 46.2 Å². The van der Waals surface area contributed by atoms with Gasteiger partial charge < -0.3 is 0 Å². The molecular formula is C17H10F4O2S2. The van der Waals surface area contributed by atoms with Gasteiger partial charge in [0, 0.05) is 23.4 Å². The fourth-order valence-electron chi connectivity index (χ4n) is 2.52. The van der Waals surface area contributed by atoms with Gasteiger partial charge in [0.1, 0.15) is 28.2 Å². The molecule has 1 heterocycles. The summed E-state index contributed by atoms with van der Waals surface area (Å²) in [6, 6.07) is 4.70. The summed E-state index contributed by atoms with van der Waals surface area (Å²) in [6.07, 6.45) is 0.708. The second-order valence-corrected chi connectivity index (χ2v) is 8.09. The van der Waals surface area contributed by atoms with Crippen molar-refractivity contribution in [2.45, 2.75) is 4.90 Å². The first-order valence-electron chi connectivity index (χ1n) is 6.89. The van der Waals surface area contributed by atoms with Crippen LogP contribution in [0.3, 0.4) is 0 Å². The van der Waals surface area contributed by atoms with E-state index in [2.05, 4.69) is 0 Å². The summed E-state index contributed by atoms with van der Waals surface area (Å²) in [6.45, 7) is 0. The highest BCUT2D eigenvalue weighted by Gasteiger charge is 2.22. The molecular weight excluding hydrogens is 376 g/mol. The quantitative estimate of drug-likeness (QED) is 0.591. The van der Waals surface area contributed by atoms with Crippen LogP contribution in [0, 0.1) is 23.3 Å². The Hall–Kier alpha value is -2.19.